The minimum absolute atomic E-state index is 0.0970. The number of hydrogen-bond donors (Lipinski definition) is 2. The van der Waals surface area contributed by atoms with Gasteiger partial charge in [0, 0.05) is 22.9 Å². The Morgan fingerprint density at radius 3 is 2.88 bits per heavy atom. The zero-order valence-electron chi connectivity index (χ0n) is 12.4. The second-order valence-electron chi connectivity index (χ2n) is 4.46. The average molecular weight is 433 g/mol. The molecular weight excluding hydrogens is 421 g/mol. The van der Waals surface area contributed by atoms with E-state index < -0.39 is 5.91 Å². The number of hydrogen-bond acceptors (Lipinski definition) is 5. The lowest BCUT2D eigenvalue weighted by Gasteiger charge is -2.10. The van der Waals surface area contributed by atoms with E-state index in [1.54, 1.807) is 19.2 Å². The number of carbonyl (C=O) groups excluding carboxylic acids is 1. The molecule has 0 aliphatic heterocycles. The van der Waals surface area contributed by atoms with Gasteiger partial charge in [0.1, 0.15) is 0 Å². The van der Waals surface area contributed by atoms with Gasteiger partial charge in [-0.05, 0) is 28.9 Å². The molecule has 24 heavy (non-hydrogen) atoms. The Kier molecular flexibility index (Phi) is 6.42. The van der Waals surface area contributed by atoms with Crippen molar-refractivity contribution in [2.24, 2.45) is 5.10 Å². The van der Waals surface area contributed by atoms with E-state index in [1.807, 2.05) is 0 Å². The number of benzene rings is 1. The molecule has 0 unspecified atom stereocenters. The minimum Gasteiger partial charge on any atom is -0.504 e. The van der Waals surface area contributed by atoms with Crippen molar-refractivity contribution >= 4 is 51.3 Å². The normalized spacial score (nSPS) is 10.8. The SMILES string of the molecule is CCOc1cc(Cl)c(Cl)c(/C=N\NC(=O)c2cncc(Br)c2)c1O. The fraction of sp³-hybridized carbons (Fsp3) is 0.133. The number of phenols is 1. The molecule has 1 aromatic carbocycles. The number of amides is 1. The van der Waals surface area contributed by atoms with Crippen molar-refractivity contribution in [1.29, 1.82) is 0 Å². The summed E-state index contributed by atoms with van der Waals surface area (Å²) in [6.45, 7) is 2.11. The van der Waals surface area contributed by atoms with Crippen LogP contribution in [0.4, 0.5) is 0 Å². The Bertz CT molecular complexity index is 800. The Morgan fingerprint density at radius 1 is 1.46 bits per heavy atom. The summed E-state index contributed by atoms with van der Waals surface area (Å²) in [6.07, 6.45) is 4.14. The van der Waals surface area contributed by atoms with Crippen LogP contribution in [-0.2, 0) is 0 Å². The van der Waals surface area contributed by atoms with Crippen LogP contribution in [-0.4, -0.2) is 28.8 Å². The summed E-state index contributed by atoms with van der Waals surface area (Å²) >= 11 is 15.3. The maximum atomic E-state index is 12.0. The summed E-state index contributed by atoms with van der Waals surface area (Å²) in [5, 5.41) is 14.2. The third kappa shape index (κ3) is 4.37. The van der Waals surface area contributed by atoms with Crippen molar-refractivity contribution in [2.75, 3.05) is 6.61 Å². The quantitative estimate of drug-likeness (QED) is 0.552. The summed E-state index contributed by atoms with van der Waals surface area (Å²) in [5.74, 6) is -0.507. The van der Waals surface area contributed by atoms with Crippen molar-refractivity contribution in [2.45, 2.75) is 6.92 Å². The molecule has 0 bridgehead atoms. The molecule has 9 heteroatoms. The van der Waals surface area contributed by atoms with E-state index >= 15 is 0 Å². The minimum atomic E-state index is -0.470. The van der Waals surface area contributed by atoms with E-state index in [0.717, 1.165) is 0 Å². The molecule has 1 amide bonds. The van der Waals surface area contributed by atoms with Crippen LogP contribution in [0.3, 0.4) is 0 Å². The van der Waals surface area contributed by atoms with E-state index in [4.69, 9.17) is 27.9 Å². The van der Waals surface area contributed by atoms with Crippen LogP contribution in [0.5, 0.6) is 11.5 Å². The lowest BCUT2D eigenvalue weighted by molar-refractivity contribution is 0.0954. The number of carbonyl (C=O) groups is 1. The molecule has 2 aromatic rings. The first-order valence-corrected chi connectivity index (χ1v) is 8.26. The second-order valence-corrected chi connectivity index (χ2v) is 6.16. The highest BCUT2D eigenvalue weighted by Crippen LogP contribution is 2.39. The number of rotatable bonds is 5. The zero-order chi connectivity index (χ0) is 17.7. The highest BCUT2D eigenvalue weighted by Gasteiger charge is 2.15. The highest BCUT2D eigenvalue weighted by molar-refractivity contribution is 9.10. The van der Waals surface area contributed by atoms with Gasteiger partial charge in [-0.25, -0.2) is 5.43 Å². The Morgan fingerprint density at radius 2 is 2.21 bits per heavy atom. The molecule has 6 nitrogen and oxygen atoms in total. The van der Waals surface area contributed by atoms with Gasteiger partial charge < -0.3 is 9.84 Å². The molecule has 126 valence electrons. The summed E-state index contributed by atoms with van der Waals surface area (Å²) < 4.78 is 5.93. The van der Waals surface area contributed by atoms with Crippen LogP contribution in [0.2, 0.25) is 10.0 Å². The van der Waals surface area contributed by atoms with Crippen molar-refractivity contribution in [3.8, 4) is 11.5 Å². The Labute approximate surface area is 156 Å². The molecule has 0 fully saturated rings. The first-order valence-electron chi connectivity index (χ1n) is 6.71. The fourth-order valence-corrected chi connectivity index (χ4v) is 2.51. The van der Waals surface area contributed by atoms with Gasteiger partial charge >= 0.3 is 0 Å². The lowest BCUT2D eigenvalue weighted by Crippen LogP contribution is -2.17. The number of ether oxygens (including phenoxy) is 1. The first-order chi connectivity index (χ1) is 11.4. The topological polar surface area (TPSA) is 83.8 Å². The zero-order valence-corrected chi connectivity index (χ0v) is 15.5. The van der Waals surface area contributed by atoms with E-state index in [2.05, 4.69) is 31.4 Å². The monoisotopic (exact) mass is 431 g/mol. The predicted molar refractivity (Wildman–Crippen MR) is 96.3 cm³/mol. The number of aromatic nitrogens is 1. The van der Waals surface area contributed by atoms with E-state index in [-0.39, 0.29) is 27.1 Å². The molecule has 2 N–H and O–H groups in total. The largest absolute Gasteiger partial charge is 0.504 e. The van der Waals surface area contributed by atoms with Crippen LogP contribution in [0.15, 0.2) is 34.1 Å². The van der Waals surface area contributed by atoms with Crippen molar-refractivity contribution in [3.05, 3.63) is 50.2 Å². The molecule has 0 spiro atoms. The van der Waals surface area contributed by atoms with Gasteiger partial charge in [-0.2, -0.15) is 5.10 Å². The number of hydrazone groups is 1. The van der Waals surface area contributed by atoms with Crippen molar-refractivity contribution in [1.82, 2.24) is 10.4 Å². The molecule has 0 saturated heterocycles. The van der Waals surface area contributed by atoms with Gasteiger partial charge in [-0.3, -0.25) is 9.78 Å². The third-order valence-corrected chi connectivity index (χ3v) is 4.05. The maximum Gasteiger partial charge on any atom is 0.272 e. The van der Waals surface area contributed by atoms with Crippen LogP contribution >= 0.6 is 39.1 Å². The smallest absolute Gasteiger partial charge is 0.272 e. The number of phenolic OH excluding ortho intramolecular Hbond substituents is 1. The number of nitrogens with one attached hydrogen (secondary N) is 1. The molecule has 0 saturated carbocycles. The van der Waals surface area contributed by atoms with Crippen LogP contribution in [0, 0.1) is 0 Å². The maximum absolute atomic E-state index is 12.0. The number of pyridine rings is 1. The standard InChI is InChI=1S/C15H12BrCl2N3O3/c1-2-24-12-4-11(17)13(18)10(14(12)22)7-20-21-15(23)8-3-9(16)6-19-5-8/h3-7,22H,2H2,1H3,(H,21,23)/b20-7-. The van der Waals surface area contributed by atoms with Gasteiger partial charge in [0.05, 0.1) is 34.0 Å². The molecule has 2 rings (SSSR count). The van der Waals surface area contributed by atoms with E-state index in [9.17, 15) is 9.90 Å². The summed E-state index contributed by atoms with van der Waals surface area (Å²) in [7, 11) is 0. The Balaban J connectivity index is 2.21. The van der Waals surface area contributed by atoms with Crippen molar-refractivity contribution < 1.29 is 14.6 Å². The number of aromatic hydroxyl groups is 1. The van der Waals surface area contributed by atoms with Crippen molar-refractivity contribution in [3.63, 3.8) is 0 Å². The average Bonchev–Trinajstić information content (AvgIpc) is 2.55. The van der Waals surface area contributed by atoms with Crippen LogP contribution in [0.25, 0.3) is 0 Å². The van der Waals surface area contributed by atoms with E-state index in [0.29, 0.717) is 16.6 Å². The molecular formula is C15H12BrCl2N3O3. The second kappa shape index (κ2) is 8.32. The summed E-state index contributed by atoms with van der Waals surface area (Å²) in [5.41, 5.74) is 2.77. The summed E-state index contributed by atoms with van der Waals surface area (Å²) in [6, 6.07) is 3.00. The molecule has 0 atom stereocenters. The Hall–Kier alpha value is -1.83. The fourth-order valence-electron chi connectivity index (χ4n) is 1.75. The van der Waals surface area contributed by atoms with Gasteiger partial charge in [0.2, 0.25) is 0 Å². The molecule has 1 heterocycles. The molecule has 0 aliphatic carbocycles. The predicted octanol–water partition coefficient (Wildman–Crippen LogP) is 4.02. The third-order valence-electron chi connectivity index (χ3n) is 2.82. The number of nitrogens with zero attached hydrogens (tertiary/aromatic N) is 2. The first kappa shape index (κ1) is 18.5. The molecule has 0 radical (unpaired) electrons. The number of halogens is 3. The summed E-state index contributed by atoms with van der Waals surface area (Å²) in [4.78, 5) is 15.9. The highest BCUT2D eigenvalue weighted by atomic mass is 79.9. The van der Waals surface area contributed by atoms with Gasteiger partial charge in [-0.1, -0.05) is 23.2 Å². The molecule has 1 aromatic heterocycles. The molecule has 0 aliphatic rings. The van der Waals surface area contributed by atoms with Crippen LogP contribution in [0.1, 0.15) is 22.8 Å². The van der Waals surface area contributed by atoms with Gasteiger partial charge in [0.15, 0.2) is 11.5 Å². The van der Waals surface area contributed by atoms with Crippen LogP contribution < -0.4 is 10.2 Å². The lowest BCUT2D eigenvalue weighted by atomic mass is 10.2. The van der Waals surface area contributed by atoms with Gasteiger partial charge in [0.25, 0.3) is 5.91 Å². The van der Waals surface area contributed by atoms with Gasteiger partial charge in [-0.15, -0.1) is 0 Å². The van der Waals surface area contributed by atoms with E-state index in [1.165, 1.54) is 18.5 Å².